The van der Waals surface area contributed by atoms with Crippen LogP contribution in [0.15, 0.2) is 36.4 Å². The normalized spacial score (nSPS) is 16.2. The molecule has 3 rings (SSSR count). The van der Waals surface area contributed by atoms with Crippen LogP contribution in [0.1, 0.15) is 49.4 Å². The minimum atomic E-state index is -4.56. The lowest BCUT2D eigenvalue weighted by Gasteiger charge is -2.33. The average molecular weight is 499 g/mol. The Bertz CT molecular complexity index is 1130. The molecule has 0 aliphatic carbocycles. The first-order chi connectivity index (χ1) is 15.8. The van der Waals surface area contributed by atoms with Gasteiger partial charge in [0.15, 0.2) is 0 Å². The van der Waals surface area contributed by atoms with E-state index < -0.39 is 27.8 Å². The summed E-state index contributed by atoms with van der Waals surface area (Å²) < 4.78 is 65.1. The van der Waals surface area contributed by atoms with Crippen LogP contribution in [0.5, 0.6) is 0 Å². The molecule has 0 radical (unpaired) electrons. The van der Waals surface area contributed by atoms with Crippen molar-refractivity contribution in [3.8, 4) is 0 Å². The van der Waals surface area contributed by atoms with E-state index in [9.17, 15) is 26.4 Å². The Morgan fingerprint density at radius 2 is 1.88 bits per heavy atom. The first-order valence-corrected chi connectivity index (χ1v) is 12.9. The summed E-state index contributed by atoms with van der Waals surface area (Å²) in [4.78, 5) is 18.6. The second-order valence-corrected chi connectivity index (χ2v) is 10.5. The van der Waals surface area contributed by atoms with E-state index in [1.54, 1.807) is 31.2 Å². The number of alkyl halides is 3. The van der Waals surface area contributed by atoms with Crippen LogP contribution in [-0.4, -0.2) is 38.7 Å². The summed E-state index contributed by atoms with van der Waals surface area (Å²) in [6, 6.07) is 8.80. The third-order valence-corrected chi connectivity index (χ3v) is 6.47. The summed E-state index contributed by atoms with van der Waals surface area (Å²) in [5.74, 6) is -0.203. The number of hydrogen-bond donors (Lipinski definition) is 2. The maximum atomic E-state index is 13.3. The number of hydrogen-bond acceptors (Lipinski definition) is 5. The molecule has 1 aromatic carbocycles. The Morgan fingerprint density at radius 3 is 2.50 bits per heavy atom. The monoisotopic (exact) mass is 498 g/mol. The van der Waals surface area contributed by atoms with Gasteiger partial charge in [0.2, 0.25) is 15.9 Å². The van der Waals surface area contributed by atoms with Gasteiger partial charge < -0.3 is 10.2 Å². The molecule has 1 saturated heterocycles. The number of halogens is 3. The number of anilines is 2. The zero-order chi connectivity index (χ0) is 25.1. The van der Waals surface area contributed by atoms with Gasteiger partial charge in [-0.3, -0.25) is 9.52 Å². The van der Waals surface area contributed by atoms with Crippen molar-refractivity contribution in [1.29, 1.82) is 0 Å². The predicted octanol–water partition coefficient (Wildman–Crippen LogP) is 4.13. The molecule has 1 unspecified atom stereocenters. The molecule has 2 N–H and O–H groups in total. The van der Waals surface area contributed by atoms with Crippen molar-refractivity contribution in [2.24, 2.45) is 5.92 Å². The molecule has 1 aliphatic rings. The lowest BCUT2D eigenvalue weighted by Crippen LogP contribution is -2.35. The fourth-order valence-electron chi connectivity index (χ4n) is 3.84. The molecule has 2 aromatic rings. The summed E-state index contributed by atoms with van der Waals surface area (Å²) in [5, 5.41) is 2.79. The van der Waals surface area contributed by atoms with E-state index in [-0.39, 0.29) is 18.3 Å². The van der Waals surface area contributed by atoms with Crippen molar-refractivity contribution >= 4 is 27.4 Å². The van der Waals surface area contributed by atoms with Crippen molar-refractivity contribution in [3.63, 3.8) is 0 Å². The third kappa shape index (κ3) is 6.85. The van der Waals surface area contributed by atoms with Crippen molar-refractivity contribution < 1.29 is 26.4 Å². The number of nitrogens with one attached hydrogen (secondary N) is 2. The van der Waals surface area contributed by atoms with Gasteiger partial charge in [-0.2, -0.15) is 13.2 Å². The number of sulfonamides is 1. The number of carbonyl (C=O) groups is 1. The standard InChI is InChI=1S/C23H29F3N4O3S/c1-15-9-11-30(12-10-15)21-18(7-8-20(28-21)23(24,25)26)14-27-22(31)16(2)17-5-4-6-19(13-17)29-34(3,32)33/h4-8,13,15-16,29H,9-12,14H2,1-3H3,(H,27,31). The van der Waals surface area contributed by atoms with E-state index in [2.05, 4.69) is 21.9 Å². The van der Waals surface area contributed by atoms with Gasteiger partial charge in [-0.05, 0) is 49.4 Å². The van der Waals surface area contributed by atoms with Gasteiger partial charge in [-0.25, -0.2) is 13.4 Å². The number of pyridine rings is 1. The van der Waals surface area contributed by atoms with Gasteiger partial charge in [0, 0.05) is 30.9 Å². The first kappa shape index (κ1) is 25.8. The van der Waals surface area contributed by atoms with Crippen molar-refractivity contribution in [1.82, 2.24) is 10.3 Å². The summed E-state index contributed by atoms with van der Waals surface area (Å²) in [7, 11) is -3.46. The highest BCUT2D eigenvalue weighted by Gasteiger charge is 2.34. The van der Waals surface area contributed by atoms with Crippen molar-refractivity contribution in [3.05, 3.63) is 53.2 Å². The highest BCUT2D eigenvalue weighted by Crippen LogP contribution is 2.32. The Kier molecular flexibility index (Phi) is 7.74. The second-order valence-electron chi connectivity index (χ2n) is 8.79. The van der Waals surface area contributed by atoms with Gasteiger partial charge in [0.05, 0.1) is 12.2 Å². The van der Waals surface area contributed by atoms with Gasteiger partial charge >= 0.3 is 6.18 Å². The molecule has 2 heterocycles. The van der Waals surface area contributed by atoms with E-state index in [1.165, 1.54) is 6.07 Å². The van der Waals surface area contributed by atoms with Gasteiger partial charge in [0.25, 0.3) is 0 Å². The highest BCUT2D eigenvalue weighted by atomic mass is 32.2. The summed E-state index contributed by atoms with van der Waals surface area (Å²) in [6.45, 7) is 5.02. The fourth-order valence-corrected chi connectivity index (χ4v) is 4.39. The molecule has 186 valence electrons. The molecule has 0 spiro atoms. The summed E-state index contributed by atoms with van der Waals surface area (Å²) >= 11 is 0. The molecular formula is C23H29F3N4O3S. The summed E-state index contributed by atoms with van der Waals surface area (Å²) in [5.41, 5.74) is 0.491. The van der Waals surface area contributed by atoms with E-state index in [0.29, 0.717) is 35.8 Å². The Hall–Kier alpha value is -2.82. The summed E-state index contributed by atoms with van der Waals surface area (Å²) in [6.07, 6.45) is -1.80. The quantitative estimate of drug-likeness (QED) is 0.599. The van der Waals surface area contributed by atoms with Crippen LogP contribution in [0.3, 0.4) is 0 Å². The Labute approximate surface area is 197 Å². The third-order valence-electron chi connectivity index (χ3n) is 5.87. The number of amides is 1. The minimum absolute atomic E-state index is 0.0248. The van der Waals surface area contributed by atoms with Crippen LogP contribution < -0.4 is 14.9 Å². The maximum Gasteiger partial charge on any atom is 0.433 e. The van der Waals surface area contributed by atoms with Crippen molar-refractivity contribution in [2.75, 3.05) is 29.0 Å². The van der Waals surface area contributed by atoms with Gasteiger partial charge in [-0.15, -0.1) is 0 Å². The van der Waals surface area contributed by atoms with Crippen LogP contribution in [0.4, 0.5) is 24.7 Å². The van der Waals surface area contributed by atoms with Gasteiger partial charge in [-0.1, -0.05) is 25.1 Å². The van der Waals surface area contributed by atoms with Crippen LogP contribution in [0.25, 0.3) is 0 Å². The molecule has 1 aromatic heterocycles. The van der Waals surface area contributed by atoms with E-state index in [0.717, 1.165) is 25.2 Å². The Morgan fingerprint density at radius 1 is 1.21 bits per heavy atom. The van der Waals surface area contributed by atoms with Crippen LogP contribution in [-0.2, 0) is 27.5 Å². The van der Waals surface area contributed by atoms with Crippen molar-refractivity contribution in [2.45, 2.75) is 45.3 Å². The molecule has 1 atom stereocenters. The zero-order valence-electron chi connectivity index (χ0n) is 19.3. The second kappa shape index (κ2) is 10.2. The minimum Gasteiger partial charge on any atom is -0.356 e. The van der Waals surface area contributed by atoms with E-state index >= 15 is 0 Å². The molecule has 0 bridgehead atoms. The van der Waals surface area contributed by atoms with E-state index in [4.69, 9.17) is 0 Å². The SMILES string of the molecule is CC1CCN(c2nc(C(F)(F)F)ccc2CNC(=O)C(C)c2cccc(NS(C)(=O)=O)c2)CC1. The molecule has 34 heavy (non-hydrogen) atoms. The largest absolute Gasteiger partial charge is 0.433 e. The van der Waals surface area contributed by atoms with Crippen LogP contribution in [0, 0.1) is 5.92 Å². The highest BCUT2D eigenvalue weighted by molar-refractivity contribution is 7.92. The molecule has 0 saturated carbocycles. The lowest BCUT2D eigenvalue weighted by molar-refractivity contribution is -0.141. The topological polar surface area (TPSA) is 91.4 Å². The number of rotatable bonds is 7. The molecule has 11 heteroatoms. The molecular weight excluding hydrogens is 469 g/mol. The number of benzene rings is 1. The number of piperidine rings is 1. The number of carbonyl (C=O) groups excluding carboxylic acids is 1. The maximum absolute atomic E-state index is 13.3. The van der Waals surface area contributed by atoms with Crippen LogP contribution >= 0.6 is 0 Å². The zero-order valence-corrected chi connectivity index (χ0v) is 20.1. The number of aromatic nitrogens is 1. The van der Waals surface area contributed by atoms with Gasteiger partial charge in [0.1, 0.15) is 11.5 Å². The van der Waals surface area contributed by atoms with E-state index in [1.807, 2.05) is 4.90 Å². The molecule has 7 nitrogen and oxygen atoms in total. The molecule has 1 amide bonds. The molecule has 1 aliphatic heterocycles. The molecule has 1 fully saturated rings. The lowest BCUT2D eigenvalue weighted by atomic mass is 9.98. The first-order valence-electron chi connectivity index (χ1n) is 11.0. The van der Waals surface area contributed by atoms with Crippen LogP contribution in [0.2, 0.25) is 0 Å². The fraction of sp³-hybridized carbons (Fsp3) is 0.478. The Balaban J connectivity index is 1.76. The predicted molar refractivity (Wildman–Crippen MR) is 125 cm³/mol. The number of nitrogens with zero attached hydrogens (tertiary/aromatic N) is 2. The smallest absolute Gasteiger partial charge is 0.356 e. The average Bonchev–Trinajstić information content (AvgIpc) is 2.76.